The summed E-state index contributed by atoms with van der Waals surface area (Å²) in [7, 11) is 0. The van der Waals surface area contributed by atoms with Crippen molar-refractivity contribution in [3.63, 3.8) is 0 Å². The number of likely N-dealkylation sites (tertiary alicyclic amines) is 1. The number of hydrogen-bond acceptors (Lipinski definition) is 7. The third-order valence-corrected chi connectivity index (χ3v) is 8.26. The third-order valence-electron chi connectivity index (χ3n) is 8.26. The second kappa shape index (κ2) is 12.5. The van der Waals surface area contributed by atoms with Gasteiger partial charge in [0, 0.05) is 19.7 Å². The molecule has 3 aromatic carbocycles. The second-order valence-corrected chi connectivity index (χ2v) is 11.5. The molecule has 218 valence electrons. The van der Waals surface area contributed by atoms with Crippen LogP contribution in [-0.4, -0.2) is 51.5 Å². The van der Waals surface area contributed by atoms with Crippen molar-refractivity contribution < 1.29 is 19.3 Å². The van der Waals surface area contributed by atoms with Crippen LogP contribution in [0.15, 0.2) is 60.7 Å². The van der Waals surface area contributed by atoms with Gasteiger partial charge in [0.1, 0.15) is 36.1 Å². The Balaban J connectivity index is 1.06. The molecule has 1 N–H and O–H groups in total. The smallest absolute Gasteiger partial charge is 0.137 e. The largest absolute Gasteiger partial charge is 0.490 e. The number of rotatable bonds is 10. The van der Waals surface area contributed by atoms with Gasteiger partial charge in [-0.05, 0) is 86.2 Å². The van der Waals surface area contributed by atoms with E-state index < -0.39 is 6.10 Å². The van der Waals surface area contributed by atoms with Crippen LogP contribution < -0.4 is 9.47 Å². The zero-order valence-corrected chi connectivity index (χ0v) is 24.3. The van der Waals surface area contributed by atoms with Crippen LogP contribution in [0.2, 0.25) is 0 Å². The van der Waals surface area contributed by atoms with Crippen LogP contribution in [0, 0.1) is 18.3 Å². The van der Waals surface area contributed by atoms with Crippen LogP contribution in [0.4, 0.5) is 0 Å². The van der Waals surface area contributed by atoms with Gasteiger partial charge in [0.15, 0.2) is 0 Å². The number of aromatic nitrogens is 2. The van der Waals surface area contributed by atoms with Crippen molar-refractivity contribution >= 4 is 11.0 Å². The summed E-state index contributed by atoms with van der Waals surface area (Å²) in [6.07, 6.45) is 2.80. The van der Waals surface area contributed by atoms with Crippen molar-refractivity contribution in [1.82, 2.24) is 14.5 Å². The predicted octanol–water partition coefficient (Wildman–Crippen LogP) is 5.68. The highest BCUT2D eigenvalue weighted by Gasteiger charge is 2.25. The maximum atomic E-state index is 10.1. The van der Waals surface area contributed by atoms with Crippen LogP contribution in [0.3, 0.4) is 0 Å². The van der Waals surface area contributed by atoms with Gasteiger partial charge in [0.05, 0.1) is 41.9 Å². The maximum Gasteiger partial charge on any atom is 0.137 e. The standard InChI is InChI=1S/C34H38N4O4/c1-23-6-9-33(27(16-23)19-35)41-22-25-4-3-5-29(17-25)42-28-10-13-37(14-11-28)21-34-36-31-8-7-26(24(2)39)18-32(31)38(34)20-30-12-15-40-30/h3-9,16-18,24,28,30,39H,10-15,20-22H2,1-2H3/t24?,30-/m0/s1. The van der Waals surface area contributed by atoms with E-state index in [2.05, 4.69) is 21.6 Å². The number of hydrogen-bond donors (Lipinski definition) is 1. The van der Waals surface area contributed by atoms with Gasteiger partial charge in [-0.3, -0.25) is 4.90 Å². The van der Waals surface area contributed by atoms with Crippen molar-refractivity contribution in [2.45, 2.75) is 71.1 Å². The number of aliphatic hydroxyl groups is 1. The molecule has 1 unspecified atom stereocenters. The van der Waals surface area contributed by atoms with Crippen molar-refractivity contribution in [3.05, 3.63) is 88.7 Å². The Morgan fingerprint density at radius 3 is 2.67 bits per heavy atom. The third kappa shape index (κ3) is 6.44. The van der Waals surface area contributed by atoms with E-state index in [-0.39, 0.29) is 12.2 Å². The molecule has 0 spiro atoms. The number of nitriles is 1. The van der Waals surface area contributed by atoms with Gasteiger partial charge < -0.3 is 23.9 Å². The van der Waals surface area contributed by atoms with E-state index in [0.717, 1.165) is 91.3 Å². The number of fused-ring (bicyclic) bond motifs is 1. The summed E-state index contributed by atoms with van der Waals surface area (Å²) >= 11 is 0. The number of imidazole rings is 1. The zero-order chi connectivity index (χ0) is 29.1. The fraction of sp³-hybridized carbons (Fsp3) is 0.412. The van der Waals surface area contributed by atoms with Gasteiger partial charge in [-0.2, -0.15) is 5.26 Å². The molecular formula is C34H38N4O4. The van der Waals surface area contributed by atoms with Gasteiger partial charge in [-0.1, -0.05) is 24.3 Å². The fourth-order valence-electron chi connectivity index (χ4n) is 5.71. The van der Waals surface area contributed by atoms with Crippen LogP contribution in [0.5, 0.6) is 11.5 Å². The highest BCUT2D eigenvalue weighted by atomic mass is 16.5. The molecule has 6 rings (SSSR count). The average molecular weight is 567 g/mol. The van der Waals surface area contributed by atoms with E-state index in [1.54, 1.807) is 6.92 Å². The first kappa shape index (κ1) is 28.2. The molecule has 2 atom stereocenters. The van der Waals surface area contributed by atoms with E-state index in [1.165, 1.54) is 0 Å². The lowest BCUT2D eigenvalue weighted by molar-refractivity contribution is -0.0592. The molecule has 8 nitrogen and oxygen atoms in total. The van der Waals surface area contributed by atoms with E-state index in [4.69, 9.17) is 19.2 Å². The van der Waals surface area contributed by atoms with Gasteiger partial charge in [0.2, 0.25) is 0 Å². The first-order chi connectivity index (χ1) is 20.4. The summed E-state index contributed by atoms with van der Waals surface area (Å²) in [4.78, 5) is 7.44. The highest BCUT2D eigenvalue weighted by molar-refractivity contribution is 5.77. The minimum absolute atomic E-state index is 0.149. The molecule has 0 aliphatic carbocycles. The summed E-state index contributed by atoms with van der Waals surface area (Å²) in [5.74, 6) is 2.48. The molecule has 1 aromatic heterocycles. The van der Waals surface area contributed by atoms with E-state index in [1.807, 2.05) is 61.5 Å². The number of aliphatic hydroxyl groups excluding tert-OH is 1. The number of ether oxygens (including phenoxy) is 3. The Kier molecular flexibility index (Phi) is 8.43. The molecule has 0 amide bonds. The Morgan fingerprint density at radius 1 is 1.10 bits per heavy atom. The minimum Gasteiger partial charge on any atom is -0.490 e. The minimum atomic E-state index is -0.516. The van der Waals surface area contributed by atoms with E-state index >= 15 is 0 Å². The normalized spacial score (nSPS) is 18.4. The lowest BCUT2D eigenvalue weighted by Gasteiger charge is -2.32. The van der Waals surface area contributed by atoms with Crippen molar-refractivity contribution in [2.24, 2.45) is 0 Å². The molecule has 2 aliphatic rings. The monoisotopic (exact) mass is 566 g/mol. The van der Waals surface area contributed by atoms with Gasteiger partial charge in [-0.25, -0.2) is 4.98 Å². The van der Waals surface area contributed by atoms with Crippen molar-refractivity contribution in [2.75, 3.05) is 19.7 Å². The highest BCUT2D eigenvalue weighted by Crippen LogP contribution is 2.27. The lowest BCUT2D eigenvalue weighted by Crippen LogP contribution is -2.39. The Morgan fingerprint density at radius 2 is 1.93 bits per heavy atom. The molecule has 4 aromatic rings. The topological polar surface area (TPSA) is 92.8 Å². The molecule has 8 heteroatoms. The Hall–Kier alpha value is -3.90. The quantitative estimate of drug-likeness (QED) is 0.264. The van der Waals surface area contributed by atoms with Gasteiger partial charge in [-0.15, -0.1) is 0 Å². The van der Waals surface area contributed by atoms with Crippen molar-refractivity contribution in [3.8, 4) is 17.6 Å². The van der Waals surface area contributed by atoms with Crippen LogP contribution >= 0.6 is 0 Å². The molecular weight excluding hydrogens is 528 g/mol. The molecule has 2 aliphatic heterocycles. The van der Waals surface area contributed by atoms with Gasteiger partial charge >= 0.3 is 0 Å². The van der Waals surface area contributed by atoms with Crippen LogP contribution in [-0.2, 0) is 24.4 Å². The Labute approximate surface area is 247 Å². The molecule has 2 saturated heterocycles. The summed E-state index contributed by atoms with van der Waals surface area (Å²) in [6.45, 7) is 8.38. The Bertz CT molecular complexity index is 1580. The molecule has 0 bridgehead atoms. The van der Waals surface area contributed by atoms with Crippen molar-refractivity contribution in [1.29, 1.82) is 5.26 Å². The molecule has 2 fully saturated rings. The van der Waals surface area contributed by atoms with Crippen LogP contribution in [0.25, 0.3) is 11.0 Å². The zero-order valence-electron chi connectivity index (χ0n) is 24.3. The summed E-state index contributed by atoms with van der Waals surface area (Å²) < 4.78 is 20.4. The average Bonchev–Trinajstić information content (AvgIpc) is 3.31. The van der Waals surface area contributed by atoms with E-state index in [0.29, 0.717) is 17.9 Å². The fourth-order valence-corrected chi connectivity index (χ4v) is 5.71. The first-order valence-corrected chi connectivity index (χ1v) is 14.9. The molecule has 3 heterocycles. The lowest BCUT2D eigenvalue weighted by atomic mass is 10.1. The molecule has 0 saturated carbocycles. The number of aryl methyl sites for hydroxylation is 1. The number of nitrogens with zero attached hydrogens (tertiary/aromatic N) is 4. The van der Waals surface area contributed by atoms with E-state index in [9.17, 15) is 10.4 Å². The molecule has 42 heavy (non-hydrogen) atoms. The summed E-state index contributed by atoms with van der Waals surface area (Å²) in [5.41, 5.74) is 5.51. The molecule has 0 radical (unpaired) electrons. The van der Waals surface area contributed by atoms with Gasteiger partial charge in [0.25, 0.3) is 0 Å². The summed E-state index contributed by atoms with van der Waals surface area (Å²) in [6, 6.07) is 21.9. The predicted molar refractivity (Wildman–Crippen MR) is 160 cm³/mol. The summed E-state index contributed by atoms with van der Waals surface area (Å²) in [5, 5.41) is 19.6. The van der Waals surface area contributed by atoms with Crippen LogP contribution in [0.1, 0.15) is 60.4 Å². The first-order valence-electron chi connectivity index (χ1n) is 14.9. The maximum absolute atomic E-state index is 10.1. The number of benzene rings is 3. The SMILES string of the molecule is Cc1ccc(OCc2cccc(OC3CCN(Cc4nc5ccc(C(C)O)cc5n4C[C@@H]4CCO4)CC3)c2)c(C#N)c1. The second-order valence-electron chi connectivity index (χ2n) is 11.5. The number of piperidine rings is 1.